The number of aromatic nitrogens is 1. The van der Waals surface area contributed by atoms with E-state index < -0.39 is 17.7 Å². The van der Waals surface area contributed by atoms with E-state index in [2.05, 4.69) is 19.8 Å². The zero-order valence-electron chi connectivity index (χ0n) is 16.8. The maximum Gasteiger partial charge on any atom is 0.586 e. The van der Waals surface area contributed by atoms with Crippen LogP contribution in [0, 0.1) is 0 Å². The molecule has 5 rings (SSSR count). The molecule has 0 spiro atoms. The van der Waals surface area contributed by atoms with E-state index in [1.807, 2.05) is 0 Å². The van der Waals surface area contributed by atoms with Gasteiger partial charge in [0.25, 0.3) is 0 Å². The fourth-order valence-corrected chi connectivity index (χ4v) is 3.95. The summed E-state index contributed by atoms with van der Waals surface area (Å²) < 4.78 is 35.6. The Balaban J connectivity index is 1.38. The molecule has 1 fully saturated rings. The molecule has 33 heavy (non-hydrogen) atoms. The van der Waals surface area contributed by atoms with Gasteiger partial charge in [-0.1, -0.05) is 29.8 Å². The Morgan fingerprint density at radius 3 is 2.36 bits per heavy atom. The van der Waals surface area contributed by atoms with Crippen LogP contribution in [0.25, 0.3) is 11.3 Å². The third kappa shape index (κ3) is 3.84. The third-order valence-corrected chi connectivity index (χ3v) is 5.94. The summed E-state index contributed by atoms with van der Waals surface area (Å²) in [5, 5.41) is 12.2. The van der Waals surface area contributed by atoms with Crippen LogP contribution in [0.3, 0.4) is 0 Å². The molecule has 168 valence electrons. The molecular formula is C23H15ClF2N2O5. The maximum atomic E-state index is 13.3. The van der Waals surface area contributed by atoms with Crippen LogP contribution in [0.1, 0.15) is 28.8 Å². The number of nitrogens with one attached hydrogen (secondary N) is 1. The fraction of sp³-hybridized carbons (Fsp3) is 0.174. The number of alkyl halides is 2. The molecule has 10 heteroatoms. The first-order valence-electron chi connectivity index (χ1n) is 9.89. The number of anilines is 1. The van der Waals surface area contributed by atoms with E-state index in [1.165, 1.54) is 24.3 Å². The van der Waals surface area contributed by atoms with Crippen molar-refractivity contribution in [2.24, 2.45) is 0 Å². The molecule has 2 heterocycles. The summed E-state index contributed by atoms with van der Waals surface area (Å²) in [6.45, 7) is 0. The van der Waals surface area contributed by atoms with Crippen molar-refractivity contribution in [1.82, 2.24) is 4.98 Å². The summed E-state index contributed by atoms with van der Waals surface area (Å²) >= 11 is 6.27. The Morgan fingerprint density at radius 1 is 1.00 bits per heavy atom. The van der Waals surface area contributed by atoms with Crippen LogP contribution in [0.5, 0.6) is 11.5 Å². The molecule has 2 aliphatic rings. The van der Waals surface area contributed by atoms with Crippen LogP contribution in [0.4, 0.5) is 14.6 Å². The van der Waals surface area contributed by atoms with Gasteiger partial charge in [-0.3, -0.25) is 4.79 Å². The van der Waals surface area contributed by atoms with Gasteiger partial charge in [0.1, 0.15) is 5.82 Å². The smallest absolute Gasteiger partial charge is 0.478 e. The number of nitrogens with zero attached hydrogens (tertiary/aromatic N) is 1. The third-order valence-electron chi connectivity index (χ3n) is 5.63. The van der Waals surface area contributed by atoms with Crippen molar-refractivity contribution < 1.29 is 33.0 Å². The van der Waals surface area contributed by atoms with Crippen LogP contribution >= 0.6 is 11.6 Å². The van der Waals surface area contributed by atoms with Crippen LogP contribution in [-0.2, 0) is 10.2 Å². The van der Waals surface area contributed by atoms with Crippen LogP contribution in [-0.4, -0.2) is 28.3 Å². The zero-order valence-corrected chi connectivity index (χ0v) is 17.5. The molecule has 3 aromatic rings. The van der Waals surface area contributed by atoms with E-state index in [1.54, 1.807) is 30.3 Å². The van der Waals surface area contributed by atoms with E-state index >= 15 is 0 Å². The molecule has 7 nitrogen and oxygen atoms in total. The first-order chi connectivity index (χ1) is 15.7. The highest BCUT2D eigenvalue weighted by atomic mass is 35.5. The number of ether oxygens (including phenoxy) is 2. The average molecular weight is 473 g/mol. The van der Waals surface area contributed by atoms with Crippen LogP contribution in [0.2, 0.25) is 5.02 Å². The van der Waals surface area contributed by atoms with Gasteiger partial charge in [0.05, 0.1) is 21.7 Å². The quantitative estimate of drug-likeness (QED) is 0.536. The predicted molar refractivity (Wildman–Crippen MR) is 114 cm³/mol. The van der Waals surface area contributed by atoms with Crippen molar-refractivity contribution >= 4 is 29.3 Å². The van der Waals surface area contributed by atoms with Crippen molar-refractivity contribution in [2.75, 3.05) is 5.32 Å². The van der Waals surface area contributed by atoms with E-state index in [4.69, 9.17) is 16.7 Å². The van der Waals surface area contributed by atoms with Gasteiger partial charge in [0.15, 0.2) is 11.5 Å². The highest BCUT2D eigenvalue weighted by Crippen LogP contribution is 2.52. The Bertz CT molecular complexity index is 1290. The highest BCUT2D eigenvalue weighted by molar-refractivity contribution is 6.33. The number of fused-ring (bicyclic) bond motifs is 1. The number of amides is 1. The zero-order chi connectivity index (χ0) is 23.4. The molecule has 1 aliphatic heterocycles. The fourth-order valence-electron chi connectivity index (χ4n) is 3.74. The first kappa shape index (κ1) is 21.1. The molecule has 2 aromatic carbocycles. The lowest BCUT2D eigenvalue weighted by atomic mass is 9.94. The molecule has 1 saturated carbocycles. The number of carbonyl (C=O) groups excluding carboxylic acids is 1. The predicted octanol–water partition coefficient (Wildman–Crippen LogP) is 5.09. The van der Waals surface area contributed by atoms with Gasteiger partial charge >= 0.3 is 12.3 Å². The van der Waals surface area contributed by atoms with Crippen molar-refractivity contribution in [3.63, 3.8) is 0 Å². The lowest BCUT2D eigenvalue weighted by Crippen LogP contribution is -2.28. The Labute approximate surface area is 190 Å². The minimum atomic E-state index is -3.73. The largest absolute Gasteiger partial charge is 0.586 e. The summed E-state index contributed by atoms with van der Waals surface area (Å²) in [4.78, 5) is 28.6. The van der Waals surface area contributed by atoms with Gasteiger partial charge in [0, 0.05) is 5.56 Å². The number of halogens is 3. The second-order valence-corrected chi connectivity index (χ2v) is 8.18. The molecule has 1 aliphatic carbocycles. The summed E-state index contributed by atoms with van der Waals surface area (Å²) in [6.07, 6.45) is -2.66. The SMILES string of the molecule is O=C(O)c1ccc(-c2nc(NC(=O)C3(c4ccc5c(c4)OC(F)(F)O5)CC3)ccc2Cl)cc1. The minimum Gasteiger partial charge on any atom is -0.478 e. The van der Waals surface area contributed by atoms with E-state index in [0.717, 1.165) is 0 Å². The molecule has 1 aromatic heterocycles. The molecule has 0 atom stereocenters. The second-order valence-electron chi connectivity index (χ2n) is 7.77. The monoisotopic (exact) mass is 472 g/mol. The number of aromatic carboxylic acids is 1. The molecule has 2 N–H and O–H groups in total. The summed E-state index contributed by atoms with van der Waals surface area (Å²) in [5.74, 6) is -1.34. The number of carbonyl (C=O) groups is 2. The highest BCUT2D eigenvalue weighted by Gasteiger charge is 2.53. The molecule has 0 radical (unpaired) electrons. The van der Waals surface area contributed by atoms with Crippen LogP contribution in [0.15, 0.2) is 54.6 Å². The number of benzene rings is 2. The van der Waals surface area contributed by atoms with E-state index in [0.29, 0.717) is 34.7 Å². The first-order valence-corrected chi connectivity index (χ1v) is 10.3. The number of hydrogen-bond acceptors (Lipinski definition) is 5. The summed E-state index contributed by atoms with van der Waals surface area (Å²) in [6, 6.07) is 13.5. The Kier molecular flexibility index (Phi) is 4.75. The minimum absolute atomic E-state index is 0.0853. The molecule has 0 saturated heterocycles. The Hall–Kier alpha value is -3.72. The van der Waals surface area contributed by atoms with Crippen molar-refractivity contribution in [3.05, 3.63) is 70.7 Å². The van der Waals surface area contributed by atoms with Gasteiger partial charge in [0.2, 0.25) is 5.91 Å². The second kappa shape index (κ2) is 7.41. The van der Waals surface area contributed by atoms with Gasteiger partial charge in [-0.05, 0) is 54.8 Å². The summed E-state index contributed by atoms with van der Waals surface area (Å²) in [7, 11) is 0. The van der Waals surface area contributed by atoms with Gasteiger partial charge in [-0.15, -0.1) is 8.78 Å². The topological polar surface area (TPSA) is 97.8 Å². The molecule has 0 bridgehead atoms. The molecule has 1 amide bonds. The lowest BCUT2D eigenvalue weighted by molar-refractivity contribution is -0.286. The number of rotatable bonds is 5. The summed E-state index contributed by atoms with van der Waals surface area (Å²) in [5.41, 5.74) is 0.733. The number of hydrogen-bond donors (Lipinski definition) is 2. The Morgan fingerprint density at radius 2 is 1.70 bits per heavy atom. The normalized spacial score (nSPS) is 16.8. The maximum absolute atomic E-state index is 13.3. The number of carboxylic acids is 1. The van der Waals surface area contributed by atoms with Crippen molar-refractivity contribution in [3.8, 4) is 22.8 Å². The molecular weight excluding hydrogens is 458 g/mol. The number of carboxylic acid groups (broad SMARTS) is 1. The van der Waals surface area contributed by atoms with Crippen LogP contribution < -0.4 is 14.8 Å². The van der Waals surface area contributed by atoms with Gasteiger partial charge in [-0.2, -0.15) is 0 Å². The van der Waals surface area contributed by atoms with Crippen molar-refractivity contribution in [2.45, 2.75) is 24.6 Å². The van der Waals surface area contributed by atoms with E-state index in [-0.39, 0.29) is 28.8 Å². The van der Waals surface area contributed by atoms with Crippen molar-refractivity contribution in [1.29, 1.82) is 0 Å². The molecule has 0 unspecified atom stereocenters. The van der Waals surface area contributed by atoms with E-state index in [9.17, 15) is 18.4 Å². The standard InChI is InChI=1S/C23H15ClF2N2O5/c24-15-6-8-18(27-19(15)12-1-3-13(4-2-12)20(29)30)28-21(31)22(9-10-22)14-5-7-16-17(11-14)33-23(25,26)32-16/h1-8,11H,9-10H2,(H,29,30)(H,27,28,31). The van der Waals surface area contributed by atoms with Gasteiger partial charge < -0.3 is 19.9 Å². The van der Waals surface area contributed by atoms with Gasteiger partial charge in [-0.25, -0.2) is 9.78 Å². The average Bonchev–Trinajstić information content (AvgIpc) is 3.52. The number of pyridine rings is 1. The lowest BCUT2D eigenvalue weighted by Gasteiger charge is -2.16.